The Morgan fingerprint density at radius 1 is 1.17 bits per heavy atom. The average Bonchev–Trinajstić information content (AvgIpc) is 3.27. The summed E-state index contributed by atoms with van der Waals surface area (Å²) in [7, 11) is 3.17. The summed E-state index contributed by atoms with van der Waals surface area (Å²) < 4.78 is 10.7. The zero-order chi connectivity index (χ0) is 19.7. The number of nitrogens with zero attached hydrogens (tertiary/aromatic N) is 3. The highest BCUT2D eigenvalue weighted by atomic mass is 35.5. The van der Waals surface area contributed by atoms with E-state index in [1.807, 2.05) is 23.6 Å². The van der Waals surface area contributed by atoms with Crippen LogP contribution in [0.4, 0.5) is 11.8 Å². The minimum Gasteiger partial charge on any atom is -0.493 e. The predicted molar refractivity (Wildman–Crippen MR) is 118 cm³/mol. The number of carbonyl (C=O) groups is 1. The van der Waals surface area contributed by atoms with Gasteiger partial charge in [0.05, 0.1) is 24.6 Å². The number of halogens is 1. The van der Waals surface area contributed by atoms with Gasteiger partial charge in [0.25, 0.3) is 0 Å². The largest absolute Gasteiger partial charge is 0.493 e. The van der Waals surface area contributed by atoms with Gasteiger partial charge in [0.2, 0.25) is 5.95 Å². The zero-order valence-electron chi connectivity index (χ0n) is 16.3. The Balaban J connectivity index is 0.00000240. The number of rotatable bonds is 5. The lowest BCUT2D eigenvalue weighted by Crippen LogP contribution is -2.37. The van der Waals surface area contributed by atoms with Crippen molar-refractivity contribution in [1.82, 2.24) is 9.97 Å². The number of nitrogen functional groups attached to an aromatic ring is 1. The molecule has 0 bridgehead atoms. The molecular weight excluding hydrogens is 412 g/mol. The number of Topliss-reactive ketones (excluding diaryl/α,β-unsaturated/α-hetero) is 1. The Hall–Kier alpha value is -2.58. The fourth-order valence-electron chi connectivity index (χ4n) is 3.57. The third-order valence-electron chi connectivity index (χ3n) is 5.13. The van der Waals surface area contributed by atoms with Crippen molar-refractivity contribution in [1.29, 1.82) is 0 Å². The maximum absolute atomic E-state index is 12.6. The van der Waals surface area contributed by atoms with Gasteiger partial charge < -0.3 is 20.1 Å². The van der Waals surface area contributed by atoms with E-state index in [2.05, 4.69) is 14.9 Å². The van der Waals surface area contributed by atoms with Crippen LogP contribution in [0.15, 0.2) is 29.6 Å². The van der Waals surface area contributed by atoms with Crippen molar-refractivity contribution in [2.24, 2.45) is 5.92 Å². The summed E-state index contributed by atoms with van der Waals surface area (Å²) in [5.74, 6) is 2.46. The molecule has 0 spiro atoms. The van der Waals surface area contributed by atoms with Crippen LogP contribution in [-0.4, -0.2) is 43.1 Å². The number of hydrogen-bond donors (Lipinski definition) is 1. The van der Waals surface area contributed by atoms with Crippen molar-refractivity contribution < 1.29 is 14.3 Å². The number of hydrogen-bond acceptors (Lipinski definition) is 8. The molecule has 29 heavy (non-hydrogen) atoms. The van der Waals surface area contributed by atoms with Crippen molar-refractivity contribution in [3.8, 4) is 11.5 Å². The summed E-state index contributed by atoms with van der Waals surface area (Å²) in [6.45, 7) is 1.44. The van der Waals surface area contributed by atoms with E-state index >= 15 is 0 Å². The second-order valence-corrected chi connectivity index (χ2v) is 7.68. The Labute approximate surface area is 179 Å². The number of aromatic nitrogens is 2. The van der Waals surface area contributed by atoms with E-state index in [0.717, 1.165) is 36.2 Å². The molecule has 0 saturated carbocycles. The Bertz CT molecular complexity index is 1000. The van der Waals surface area contributed by atoms with Gasteiger partial charge in [0, 0.05) is 30.5 Å². The monoisotopic (exact) mass is 434 g/mol. The molecule has 0 radical (unpaired) electrons. The van der Waals surface area contributed by atoms with E-state index in [0.29, 0.717) is 28.8 Å². The molecule has 0 atom stereocenters. The molecule has 1 aliphatic heterocycles. The molecule has 1 aliphatic rings. The predicted octanol–water partition coefficient (Wildman–Crippen LogP) is 3.81. The number of methoxy groups -OCH3 is 2. The van der Waals surface area contributed by atoms with Gasteiger partial charge in [-0.2, -0.15) is 4.98 Å². The van der Waals surface area contributed by atoms with Crippen LogP contribution < -0.4 is 20.1 Å². The highest BCUT2D eigenvalue weighted by Gasteiger charge is 2.27. The third-order valence-corrected chi connectivity index (χ3v) is 6.02. The molecule has 0 aliphatic carbocycles. The number of benzene rings is 1. The lowest BCUT2D eigenvalue weighted by atomic mass is 9.92. The number of nitrogens with two attached hydrogens (primary N) is 1. The molecule has 2 aromatic heterocycles. The third kappa shape index (κ3) is 4.09. The van der Waals surface area contributed by atoms with Gasteiger partial charge in [-0.25, -0.2) is 4.98 Å². The zero-order valence-corrected chi connectivity index (χ0v) is 17.9. The SMILES string of the molecule is COc1cc2nc(N3CCC(C(=O)c4cccs4)CC3)nc(N)c2cc1OC.Cl. The second kappa shape index (κ2) is 8.84. The van der Waals surface area contributed by atoms with E-state index in [9.17, 15) is 4.79 Å². The molecule has 4 rings (SSSR count). The van der Waals surface area contributed by atoms with Gasteiger partial charge in [0.15, 0.2) is 17.3 Å². The first kappa shape index (κ1) is 21.1. The van der Waals surface area contributed by atoms with Crippen LogP contribution in [0.1, 0.15) is 22.5 Å². The quantitative estimate of drug-likeness (QED) is 0.610. The van der Waals surface area contributed by atoms with Crippen molar-refractivity contribution in [2.45, 2.75) is 12.8 Å². The molecule has 3 aromatic rings. The first-order valence-electron chi connectivity index (χ1n) is 9.12. The standard InChI is InChI=1S/C20H22N4O3S.ClH/c1-26-15-10-13-14(11-16(15)27-2)22-20(23-19(13)21)24-7-5-12(6-8-24)18(25)17-4-3-9-28-17;/h3-4,9-12H,5-8H2,1-2H3,(H2,21,22,23);1H. The molecule has 3 heterocycles. The maximum Gasteiger partial charge on any atom is 0.227 e. The van der Waals surface area contributed by atoms with Gasteiger partial charge in [-0.3, -0.25) is 4.79 Å². The number of carbonyl (C=O) groups excluding carboxylic acids is 1. The summed E-state index contributed by atoms with van der Waals surface area (Å²) in [6.07, 6.45) is 1.56. The molecule has 1 fully saturated rings. The average molecular weight is 435 g/mol. The number of ketones is 1. The number of ether oxygens (including phenoxy) is 2. The van der Waals surface area contributed by atoms with E-state index in [4.69, 9.17) is 15.2 Å². The smallest absolute Gasteiger partial charge is 0.227 e. The lowest BCUT2D eigenvalue weighted by Gasteiger charge is -2.31. The molecular formula is C20H23ClN4O3S. The van der Waals surface area contributed by atoms with Crippen LogP contribution >= 0.6 is 23.7 Å². The fraction of sp³-hybridized carbons (Fsp3) is 0.350. The van der Waals surface area contributed by atoms with E-state index in [1.165, 1.54) is 11.3 Å². The highest BCUT2D eigenvalue weighted by Crippen LogP contribution is 2.34. The normalized spacial score (nSPS) is 14.5. The molecule has 7 nitrogen and oxygen atoms in total. The maximum atomic E-state index is 12.6. The molecule has 1 saturated heterocycles. The van der Waals surface area contributed by atoms with Gasteiger partial charge in [-0.15, -0.1) is 23.7 Å². The molecule has 0 unspecified atom stereocenters. The molecule has 1 aromatic carbocycles. The minimum absolute atomic E-state index is 0. The van der Waals surface area contributed by atoms with Gasteiger partial charge in [0.1, 0.15) is 5.82 Å². The van der Waals surface area contributed by atoms with Crippen LogP contribution in [0.3, 0.4) is 0 Å². The number of thiophene rings is 1. The Morgan fingerprint density at radius 2 is 1.86 bits per heavy atom. The van der Waals surface area contributed by atoms with E-state index < -0.39 is 0 Å². The summed E-state index contributed by atoms with van der Waals surface area (Å²) in [5, 5.41) is 2.67. The number of fused-ring (bicyclic) bond motifs is 1. The Kier molecular flexibility index (Phi) is 6.44. The molecule has 154 valence electrons. The minimum atomic E-state index is 0. The highest BCUT2D eigenvalue weighted by molar-refractivity contribution is 7.12. The molecule has 0 amide bonds. The number of piperidine rings is 1. The van der Waals surface area contributed by atoms with Crippen LogP contribution in [0.5, 0.6) is 11.5 Å². The summed E-state index contributed by atoms with van der Waals surface area (Å²) in [6, 6.07) is 7.41. The molecule has 9 heteroatoms. The van der Waals surface area contributed by atoms with Crippen molar-refractivity contribution in [3.63, 3.8) is 0 Å². The van der Waals surface area contributed by atoms with Crippen molar-refractivity contribution in [2.75, 3.05) is 37.9 Å². The second-order valence-electron chi connectivity index (χ2n) is 6.74. The Morgan fingerprint density at radius 3 is 2.48 bits per heavy atom. The van der Waals surface area contributed by atoms with E-state index in [-0.39, 0.29) is 24.1 Å². The van der Waals surface area contributed by atoms with E-state index in [1.54, 1.807) is 20.3 Å². The first-order valence-corrected chi connectivity index (χ1v) is 10.0. The number of anilines is 2. The summed E-state index contributed by atoms with van der Waals surface area (Å²) in [4.78, 5) is 24.7. The van der Waals surface area contributed by atoms with Gasteiger partial charge in [-0.1, -0.05) is 6.07 Å². The van der Waals surface area contributed by atoms with Crippen LogP contribution in [-0.2, 0) is 0 Å². The lowest BCUT2D eigenvalue weighted by molar-refractivity contribution is 0.0904. The summed E-state index contributed by atoms with van der Waals surface area (Å²) in [5.41, 5.74) is 6.90. The topological polar surface area (TPSA) is 90.6 Å². The fourth-order valence-corrected chi connectivity index (χ4v) is 4.31. The van der Waals surface area contributed by atoms with Crippen molar-refractivity contribution in [3.05, 3.63) is 34.5 Å². The summed E-state index contributed by atoms with van der Waals surface area (Å²) >= 11 is 1.51. The van der Waals surface area contributed by atoms with Crippen LogP contribution in [0, 0.1) is 5.92 Å². The van der Waals surface area contributed by atoms with Gasteiger partial charge >= 0.3 is 0 Å². The molecule has 2 N–H and O–H groups in total. The van der Waals surface area contributed by atoms with Crippen molar-refractivity contribution >= 4 is 52.2 Å². The van der Waals surface area contributed by atoms with Crippen LogP contribution in [0.2, 0.25) is 0 Å². The van der Waals surface area contributed by atoms with Gasteiger partial charge in [-0.05, 0) is 30.4 Å². The van der Waals surface area contributed by atoms with Crippen LogP contribution in [0.25, 0.3) is 10.9 Å². The first-order chi connectivity index (χ1) is 13.6.